The summed E-state index contributed by atoms with van der Waals surface area (Å²) in [4.78, 5) is 53.9. The molecule has 0 spiro atoms. The number of aromatic nitrogens is 3. The number of H-pyrrole nitrogens is 1. The van der Waals surface area contributed by atoms with Crippen LogP contribution in [0.4, 0.5) is 10.1 Å². The summed E-state index contributed by atoms with van der Waals surface area (Å²) in [6, 6.07) is 0.825. The lowest BCUT2D eigenvalue weighted by atomic mass is 9.98. The van der Waals surface area contributed by atoms with Crippen LogP contribution in [0.3, 0.4) is 0 Å². The maximum atomic E-state index is 13.9. The topological polar surface area (TPSA) is 193 Å². The van der Waals surface area contributed by atoms with Gasteiger partial charge in [0.05, 0.1) is 35.7 Å². The number of nitrogens with one attached hydrogen (secondary N) is 4. The van der Waals surface area contributed by atoms with E-state index in [1.165, 1.54) is 12.3 Å². The molecule has 0 aliphatic carbocycles. The van der Waals surface area contributed by atoms with E-state index in [1.54, 1.807) is 26.0 Å². The second kappa shape index (κ2) is 12.7. The number of sulfone groups is 1. The predicted octanol–water partition coefficient (Wildman–Crippen LogP) is -0.832. The lowest BCUT2D eigenvalue weighted by Gasteiger charge is -2.29. The monoisotopic (exact) mass is 593 g/mol. The quantitative estimate of drug-likeness (QED) is 0.227. The minimum Gasteiger partial charge on any atom is -0.369 e. The summed E-state index contributed by atoms with van der Waals surface area (Å²) in [5.74, 6) is -3.89. The number of alkyl halides is 1. The van der Waals surface area contributed by atoms with Crippen LogP contribution in [0.15, 0.2) is 29.3 Å². The fraction of sp³-hybridized carbons (Fsp3) is 0.520. The molecule has 41 heavy (non-hydrogen) atoms. The van der Waals surface area contributed by atoms with Crippen molar-refractivity contribution in [1.29, 1.82) is 0 Å². The van der Waals surface area contributed by atoms with Crippen LogP contribution in [-0.2, 0) is 46.7 Å². The Hall–Kier alpha value is -3.92. The lowest BCUT2D eigenvalue weighted by molar-refractivity contribution is -0.134. The van der Waals surface area contributed by atoms with E-state index in [4.69, 9.17) is 4.74 Å². The molecule has 0 saturated heterocycles. The predicted molar refractivity (Wildman–Crippen MR) is 142 cm³/mol. The largest absolute Gasteiger partial charge is 0.369 e. The summed E-state index contributed by atoms with van der Waals surface area (Å²) in [5, 5.41) is 17.7. The molecule has 1 aromatic heterocycles. The van der Waals surface area contributed by atoms with Crippen molar-refractivity contribution in [3.63, 3.8) is 0 Å². The number of hydrogen-bond acceptors (Lipinski definition) is 9. The Balaban J connectivity index is 1.59. The van der Waals surface area contributed by atoms with Crippen molar-refractivity contribution in [1.82, 2.24) is 31.4 Å². The van der Waals surface area contributed by atoms with Crippen molar-refractivity contribution in [2.75, 3.05) is 30.5 Å². The van der Waals surface area contributed by atoms with E-state index < -0.39 is 76.5 Å². The van der Waals surface area contributed by atoms with E-state index in [0.29, 0.717) is 17.7 Å². The number of halogens is 1. The number of para-hydroxylation sites is 1. The van der Waals surface area contributed by atoms with Gasteiger partial charge in [0.25, 0.3) is 5.91 Å². The molecular formula is C25H32FN7O7S. The Morgan fingerprint density at radius 2 is 2.07 bits per heavy atom. The highest BCUT2D eigenvalue weighted by Crippen LogP contribution is 2.41. The second-order valence-electron chi connectivity index (χ2n) is 9.89. The van der Waals surface area contributed by atoms with Gasteiger partial charge in [-0.2, -0.15) is 15.4 Å². The van der Waals surface area contributed by atoms with Crippen molar-refractivity contribution in [3.8, 4) is 0 Å². The third kappa shape index (κ3) is 6.53. The Morgan fingerprint density at radius 1 is 1.29 bits per heavy atom. The molecule has 14 nitrogen and oxygen atoms in total. The summed E-state index contributed by atoms with van der Waals surface area (Å²) >= 11 is 0. The van der Waals surface area contributed by atoms with Crippen LogP contribution in [0.5, 0.6) is 0 Å². The number of carbonyl (C=O) groups is 4. The molecule has 1 aromatic carbocycles. The third-order valence-corrected chi connectivity index (χ3v) is 8.87. The van der Waals surface area contributed by atoms with Crippen molar-refractivity contribution >= 4 is 39.2 Å². The average Bonchev–Trinajstić information content (AvgIpc) is 3.59. The summed E-state index contributed by atoms with van der Waals surface area (Å²) < 4.78 is 44.1. The van der Waals surface area contributed by atoms with Gasteiger partial charge in [0.15, 0.2) is 9.84 Å². The molecular weight excluding hydrogens is 561 g/mol. The number of rotatable bonds is 12. The Kier molecular flexibility index (Phi) is 9.32. The molecule has 0 fully saturated rings. The van der Waals surface area contributed by atoms with Crippen LogP contribution in [0.1, 0.15) is 31.5 Å². The van der Waals surface area contributed by atoms with Gasteiger partial charge in [0.2, 0.25) is 17.7 Å². The third-order valence-electron chi connectivity index (χ3n) is 7.10. The first-order valence-electron chi connectivity index (χ1n) is 13.1. The standard InChI is InChI=1S/C25H32FN7O7S/c1-3-14(2)21(30-20(34)12-40-8-7-26)24(36)29-17-13-41(38,39)19-6-4-5-15-9-18(33(22(15)19)25(17)37)23(35)27-10-16-11-28-32-31-16/h4-6,11,14,17-18,21H,3,7-10,12-13H2,1-2H3,(H,27,35)(H,29,36)(H,30,34)(H,28,31,32)/t14-,17-,18-,21-/m0/s1. The smallest absolute Gasteiger partial charge is 0.251 e. The van der Waals surface area contributed by atoms with Crippen LogP contribution in [-0.4, -0.2) is 91.2 Å². The Morgan fingerprint density at radius 3 is 2.76 bits per heavy atom. The van der Waals surface area contributed by atoms with Gasteiger partial charge in [-0.15, -0.1) is 0 Å². The number of nitrogens with zero attached hydrogens (tertiary/aromatic N) is 3. The lowest BCUT2D eigenvalue weighted by Crippen LogP contribution is -2.59. The Labute approximate surface area is 235 Å². The molecule has 2 aliphatic heterocycles. The molecule has 0 bridgehead atoms. The molecule has 4 amide bonds. The number of amides is 4. The van der Waals surface area contributed by atoms with E-state index in [1.807, 2.05) is 0 Å². The zero-order chi connectivity index (χ0) is 29.7. The summed E-state index contributed by atoms with van der Waals surface area (Å²) in [6.07, 6.45) is 1.96. The van der Waals surface area contributed by atoms with Gasteiger partial charge in [0, 0.05) is 6.42 Å². The van der Waals surface area contributed by atoms with E-state index in [9.17, 15) is 32.0 Å². The van der Waals surface area contributed by atoms with Gasteiger partial charge in [-0.05, 0) is 17.5 Å². The van der Waals surface area contributed by atoms with Crippen LogP contribution in [0.25, 0.3) is 0 Å². The molecule has 4 rings (SSSR count). The van der Waals surface area contributed by atoms with E-state index in [0.717, 1.165) is 4.90 Å². The van der Waals surface area contributed by atoms with Gasteiger partial charge < -0.3 is 20.7 Å². The first-order valence-corrected chi connectivity index (χ1v) is 14.8. The van der Waals surface area contributed by atoms with E-state index in [-0.39, 0.29) is 30.2 Å². The Bertz CT molecular complexity index is 1400. The number of hydrogen-bond donors (Lipinski definition) is 4. The molecule has 0 unspecified atom stereocenters. The van der Waals surface area contributed by atoms with E-state index >= 15 is 0 Å². The zero-order valence-corrected chi connectivity index (χ0v) is 23.4. The van der Waals surface area contributed by atoms with Gasteiger partial charge in [-0.1, -0.05) is 32.4 Å². The molecule has 0 saturated carbocycles. The first kappa shape index (κ1) is 30.0. The SMILES string of the molecule is CC[C@H](C)[C@H](NC(=O)COCCF)C(=O)N[C@H]1CS(=O)(=O)c2cccc3c2N(C1=O)[C@H](C(=O)NCc1cn[nH]n1)C3. The highest BCUT2D eigenvalue weighted by atomic mass is 32.2. The summed E-state index contributed by atoms with van der Waals surface area (Å²) in [5.41, 5.74) is 1.08. The molecule has 16 heteroatoms. The van der Waals surface area contributed by atoms with Gasteiger partial charge >= 0.3 is 0 Å². The number of carbonyl (C=O) groups excluding carboxylic acids is 4. The van der Waals surface area contributed by atoms with Crippen molar-refractivity contribution in [2.24, 2.45) is 5.92 Å². The van der Waals surface area contributed by atoms with Crippen LogP contribution in [0, 0.1) is 5.92 Å². The van der Waals surface area contributed by atoms with Gasteiger partial charge in [0.1, 0.15) is 37.1 Å². The minimum atomic E-state index is -4.08. The molecule has 4 atom stereocenters. The number of aromatic amines is 1. The number of anilines is 1. The molecule has 2 aromatic rings. The summed E-state index contributed by atoms with van der Waals surface area (Å²) in [7, 11) is -4.08. The minimum absolute atomic E-state index is 0.0286. The normalized spacial score (nSPS) is 20.5. The molecule has 4 N–H and O–H groups in total. The van der Waals surface area contributed by atoms with Crippen LogP contribution < -0.4 is 20.9 Å². The van der Waals surface area contributed by atoms with Crippen molar-refractivity contribution < 1.29 is 36.7 Å². The maximum Gasteiger partial charge on any atom is 0.251 e. The maximum absolute atomic E-state index is 13.9. The fourth-order valence-electron chi connectivity index (χ4n) is 4.84. The molecule has 2 aliphatic rings. The molecule has 222 valence electrons. The molecule has 3 heterocycles. The number of benzene rings is 1. The average molecular weight is 594 g/mol. The summed E-state index contributed by atoms with van der Waals surface area (Å²) in [6.45, 7) is 1.99. The van der Waals surface area contributed by atoms with Crippen LogP contribution in [0.2, 0.25) is 0 Å². The highest BCUT2D eigenvalue weighted by molar-refractivity contribution is 7.91. The fourth-order valence-corrected chi connectivity index (χ4v) is 6.50. The molecule has 0 radical (unpaired) electrons. The van der Waals surface area contributed by atoms with E-state index in [2.05, 4.69) is 31.4 Å². The first-order chi connectivity index (χ1) is 19.6. The second-order valence-corrected chi connectivity index (χ2v) is 11.9. The highest BCUT2D eigenvalue weighted by Gasteiger charge is 2.48. The van der Waals surface area contributed by atoms with Crippen molar-refractivity contribution in [3.05, 3.63) is 35.7 Å². The zero-order valence-electron chi connectivity index (χ0n) is 22.6. The van der Waals surface area contributed by atoms with Crippen LogP contribution >= 0.6 is 0 Å². The van der Waals surface area contributed by atoms with Gasteiger partial charge in [-0.3, -0.25) is 24.1 Å². The van der Waals surface area contributed by atoms with Gasteiger partial charge in [-0.25, -0.2) is 12.8 Å². The van der Waals surface area contributed by atoms with Crippen molar-refractivity contribution in [2.45, 2.75) is 56.3 Å². The number of ether oxygens (including phenoxy) is 1.